The van der Waals surface area contributed by atoms with Crippen LogP contribution in [0.2, 0.25) is 0 Å². The van der Waals surface area contributed by atoms with Crippen molar-refractivity contribution in [1.29, 1.82) is 0 Å². The lowest BCUT2D eigenvalue weighted by Gasteiger charge is -2.31. The van der Waals surface area contributed by atoms with Crippen LogP contribution in [-0.2, 0) is 0 Å². The van der Waals surface area contributed by atoms with Gasteiger partial charge in [0.15, 0.2) is 0 Å². The van der Waals surface area contributed by atoms with Crippen molar-refractivity contribution < 1.29 is 0 Å². The average molecular weight is 310 g/mol. The smallest absolute Gasteiger partial charge is 0.00216 e. The van der Waals surface area contributed by atoms with Gasteiger partial charge in [-0.15, -0.1) is 0 Å². The molecule has 0 heterocycles. The van der Waals surface area contributed by atoms with Crippen molar-refractivity contribution in [2.24, 2.45) is 5.41 Å². The van der Waals surface area contributed by atoms with Crippen molar-refractivity contribution in [3.8, 4) is 0 Å². The van der Waals surface area contributed by atoms with Gasteiger partial charge in [-0.1, -0.05) is 78.1 Å². The van der Waals surface area contributed by atoms with Gasteiger partial charge >= 0.3 is 0 Å². The molecule has 0 radical (unpaired) electrons. The predicted molar refractivity (Wildman–Crippen MR) is 101 cm³/mol. The zero-order chi connectivity index (χ0) is 16.1. The summed E-state index contributed by atoms with van der Waals surface area (Å²) in [6.07, 6.45) is 21.9. The standard InChI is InChI=1S/C21H43N/c1-4-19-22(3)20-15-18-21(2)16-13-11-9-7-5-6-8-10-12-14-17-21/h4-20H2,1-3H3. The van der Waals surface area contributed by atoms with E-state index in [0.29, 0.717) is 5.41 Å². The van der Waals surface area contributed by atoms with Crippen molar-refractivity contribution >= 4 is 0 Å². The zero-order valence-corrected chi connectivity index (χ0v) is 16.0. The second kappa shape index (κ2) is 12.4. The van der Waals surface area contributed by atoms with Crippen LogP contribution in [0, 0.1) is 5.41 Å². The first-order chi connectivity index (χ1) is 10.7. The minimum absolute atomic E-state index is 0.626. The molecule has 22 heavy (non-hydrogen) atoms. The Hall–Kier alpha value is -0.0400. The Balaban J connectivity index is 2.35. The minimum atomic E-state index is 0.626. The van der Waals surface area contributed by atoms with E-state index < -0.39 is 0 Å². The molecule has 132 valence electrons. The second-order valence-corrected chi connectivity index (χ2v) is 8.25. The highest BCUT2D eigenvalue weighted by molar-refractivity contribution is 4.75. The van der Waals surface area contributed by atoms with Gasteiger partial charge in [0.25, 0.3) is 0 Å². The van der Waals surface area contributed by atoms with Gasteiger partial charge in [0.1, 0.15) is 0 Å². The fourth-order valence-corrected chi connectivity index (χ4v) is 4.16. The first-order valence-electron chi connectivity index (χ1n) is 10.3. The second-order valence-electron chi connectivity index (χ2n) is 8.25. The molecule has 1 heteroatoms. The molecule has 1 aliphatic carbocycles. The van der Waals surface area contributed by atoms with Crippen molar-refractivity contribution in [3.05, 3.63) is 0 Å². The summed E-state index contributed by atoms with van der Waals surface area (Å²) in [6, 6.07) is 0. The van der Waals surface area contributed by atoms with Gasteiger partial charge in [-0.25, -0.2) is 0 Å². The van der Waals surface area contributed by atoms with E-state index in [4.69, 9.17) is 0 Å². The largest absolute Gasteiger partial charge is 0.306 e. The van der Waals surface area contributed by atoms with Gasteiger partial charge in [-0.2, -0.15) is 0 Å². The Morgan fingerprint density at radius 3 is 1.64 bits per heavy atom. The summed E-state index contributed by atoms with van der Waals surface area (Å²) in [5.74, 6) is 0. The van der Waals surface area contributed by atoms with E-state index in [9.17, 15) is 0 Å². The van der Waals surface area contributed by atoms with Gasteiger partial charge in [0.2, 0.25) is 0 Å². The van der Waals surface area contributed by atoms with Crippen LogP contribution in [-0.4, -0.2) is 25.0 Å². The third kappa shape index (κ3) is 9.87. The molecule has 0 bridgehead atoms. The lowest BCUT2D eigenvalue weighted by atomic mass is 9.76. The third-order valence-electron chi connectivity index (χ3n) is 5.74. The van der Waals surface area contributed by atoms with E-state index in [2.05, 4.69) is 25.8 Å². The van der Waals surface area contributed by atoms with Crippen molar-refractivity contribution in [2.45, 2.75) is 110 Å². The SMILES string of the molecule is CCCN(C)CCCC1(C)CCCCCCCCCCCC1. The zero-order valence-electron chi connectivity index (χ0n) is 16.0. The molecule has 0 atom stereocenters. The van der Waals surface area contributed by atoms with Crippen LogP contribution in [0.5, 0.6) is 0 Å². The lowest BCUT2D eigenvalue weighted by molar-refractivity contribution is 0.209. The highest BCUT2D eigenvalue weighted by Gasteiger charge is 2.23. The minimum Gasteiger partial charge on any atom is -0.306 e. The molecule has 1 rings (SSSR count). The molecule has 1 saturated carbocycles. The van der Waals surface area contributed by atoms with E-state index in [1.165, 1.54) is 109 Å². The summed E-state index contributed by atoms with van der Waals surface area (Å²) in [4.78, 5) is 2.52. The fraction of sp³-hybridized carbons (Fsp3) is 1.00. The van der Waals surface area contributed by atoms with Crippen molar-refractivity contribution in [1.82, 2.24) is 4.90 Å². The van der Waals surface area contributed by atoms with Gasteiger partial charge in [0.05, 0.1) is 0 Å². The van der Waals surface area contributed by atoms with E-state index in [1.54, 1.807) is 0 Å². The Bertz CT molecular complexity index is 234. The Labute approximate surface area is 141 Å². The van der Waals surface area contributed by atoms with Crippen LogP contribution in [0.3, 0.4) is 0 Å². The molecule has 0 N–H and O–H groups in total. The lowest BCUT2D eigenvalue weighted by Crippen LogP contribution is -2.23. The molecule has 0 aromatic carbocycles. The van der Waals surface area contributed by atoms with E-state index in [1.807, 2.05) is 0 Å². The van der Waals surface area contributed by atoms with Gasteiger partial charge < -0.3 is 4.90 Å². The molecule has 0 amide bonds. The van der Waals surface area contributed by atoms with Crippen molar-refractivity contribution in [3.63, 3.8) is 0 Å². The molecule has 1 aliphatic rings. The Morgan fingerprint density at radius 1 is 0.727 bits per heavy atom. The van der Waals surface area contributed by atoms with Gasteiger partial charge in [0, 0.05) is 0 Å². The number of rotatable bonds is 6. The Kier molecular flexibility index (Phi) is 11.3. The first kappa shape index (κ1) is 20.0. The van der Waals surface area contributed by atoms with Gasteiger partial charge in [-0.05, 0) is 57.7 Å². The molecule has 0 unspecified atom stereocenters. The number of hydrogen-bond donors (Lipinski definition) is 0. The molecule has 0 spiro atoms. The van der Waals surface area contributed by atoms with Crippen LogP contribution in [0.1, 0.15) is 110 Å². The summed E-state index contributed by atoms with van der Waals surface area (Å²) in [5.41, 5.74) is 0.626. The maximum absolute atomic E-state index is 2.59. The maximum atomic E-state index is 2.59. The van der Waals surface area contributed by atoms with Crippen LogP contribution in [0.4, 0.5) is 0 Å². The molecule has 1 fully saturated rings. The summed E-state index contributed by atoms with van der Waals surface area (Å²) in [7, 11) is 2.29. The van der Waals surface area contributed by atoms with Gasteiger partial charge in [-0.3, -0.25) is 0 Å². The van der Waals surface area contributed by atoms with E-state index >= 15 is 0 Å². The van der Waals surface area contributed by atoms with Crippen LogP contribution in [0.15, 0.2) is 0 Å². The molecule has 0 aromatic heterocycles. The Morgan fingerprint density at radius 2 is 1.18 bits per heavy atom. The highest BCUT2D eigenvalue weighted by Crippen LogP contribution is 2.36. The summed E-state index contributed by atoms with van der Waals surface area (Å²) >= 11 is 0. The molecule has 0 saturated heterocycles. The third-order valence-corrected chi connectivity index (χ3v) is 5.74. The molecule has 0 aromatic rings. The highest BCUT2D eigenvalue weighted by atomic mass is 15.1. The summed E-state index contributed by atoms with van der Waals surface area (Å²) in [5, 5.41) is 0. The summed E-state index contributed by atoms with van der Waals surface area (Å²) < 4.78 is 0. The topological polar surface area (TPSA) is 3.24 Å². The van der Waals surface area contributed by atoms with Crippen LogP contribution >= 0.6 is 0 Å². The fourth-order valence-electron chi connectivity index (χ4n) is 4.16. The summed E-state index contributed by atoms with van der Waals surface area (Å²) in [6.45, 7) is 7.43. The van der Waals surface area contributed by atoms with Crippen LogP contribution in [0.25, 0.3) is 0 Å². The predicted octanol–water partition coefficient (Wildman–Crippen LogP) is 6.81. The van der Waals surface area contributed by atoms with Crippen LogP contribution < -0.4 is 0 Å². The van der Waals surface area contributed by atoms with E-state index in [-0.39, 0.29) is 0 Å². The molecule has 0 aliphatic heterocycles. The quantitative estimate of drug-likeness (QED) is 0.521. The number of nitrogens with zero attached hydrogens (tertiary/aromatic N) is 1. The molecular weight excluding hydrogens is 266 g/mol. The maximum Gasteiger partial charge on any atom is -0.00216 e. The molecular formula is C21H43N. The average Bonchev–Trinajstić information content (AvgIpc) is 2.50. The van der Waals surface area contributed by atoms with E-state index in [0.717, 1.165) is 0 Å². The molecule has 1 nitrogen and oxygen atoms in total. The normalized spacial score (nSPS) is 21.8. The number of hydrogen-bond acceptors (Lipinski definition) is 1. The van der Waals surface area contributed by atoms with Crippen molar-refractivity contribution in [2.75, 3.05) is 20.1 Å². The first-order valence-corrected chi connectivity index (χ1v) is 10.3. The monoisotopic (exact) mass is 309 g/mol.